The van der Waals surface area contributed by atoms with Gasteiger partial charge in [-0.1, -0.05) is 6.07 Å². The average molecular weight is 408 g/mol. The van der Waals surface area contributed by atoms with Crippen LogP contribution in [0, 0.1) is 12.7 Å². The van der Waals surface area contributed by atoms with Crippen LogP contribution >= 0.6 is 0 Å². The highest BCUT2D eigenvalue weighted by atomic mass is 19.1. The smallest absolute Gasteiger partial charge is 0.267 e. The maximum atomic E-state index is 14.1. The predicted molar refractivity (Wildman–Crippen MR) is 117 cm³/mol. The number of hydrogen-bond donors (Lipinski definition) is 4. The lowest BCUT2D eigenvalue weighted by Crippen LogP contribution is -2.27. The Morgan fingerprint density at radius 3 is 2.73 bits per heavy atom. The lowest BCUT2D eigenvalue weighted by atomic mass is 9.89. The SMILES string of the molecule is CC(=O)Nc1ccc2[nH]c(C(=O)NCCC3c4c(C)ccc(F)c4NC3C)cc2c1. The van der Waals surface area contributed by atoms with Crippen molar-refractivity contribution in [1.82, 2.24) is 10.3 Å². The summed E-state index contributed by atoms with van der Waals surface area (Å²) in [6.45, 7) is 5.96. The van der Waals surface area contributed by atoms with E-state index in [0.29, 0.717) is 30.0 Å². The van der Waals surface area contributed by atoms with Crippen molar-refractivity contribution in [2.75, 3.05) is 17.2 Å². The number of rotatable bonds is 5. The van der Waals surface area contributed by atoms with Gasteiger partial charge in [0.25, 0.3) is 5.91 Å². The van der Waals surface area contributed by atoms with Crippen LogP contribution in [0.3, 0.4) is 0 Å². The molecule has 0 bridgehead atoms. The van der Waals surface area contributed by atoms with Gasteiger partial charge in [-0.15, -0.1) is 0 Å². The Morgan fingerprint density at radius 1 is 1.17 bits per heavy atom. The number of carbonyl (C=O) groups excluding carboxylic acids is 2. The van der Waals surface area contributed by atoms with E-state index < -0.39 is 0 Å². The molecule has 0 radical (unpaired) electrons. The molecule has 0 fully saturated rings. The summed E-state index contributed by atoms with van der Waals surface area (Å²) in [5.41, 5.74) is 4.63. The molecule has 6 nitrogen and oxygen atoms in total. The van der Waals surface area contributed by atoms with Crippen LogP contribution in [-0.4, -0.2) is 29.4 Å². The highest BCUT2D eigenvalue weighted by Crippen LogP contribution is 2.41. The number of aryl methyl sites for hydroxylation is 1. The fourth-order valence-electron chi connectivity index (χ4n) is 4.27. The summed E-state index contributed by atoms with van der Waals surface area (Å²) < 4.78 is 14.1. The van der Waals surface area contributed by atoms with E-state index >= 15 is 0 Å². The maximum absolute atomic E-state index is 14.1. The number of H-pyrrole nitrogens is 1. The van der Waals surface area contributed by atoms with Gasteiger partial charge in [-0.3, -0.25) is 9.59 Å². The van der Waals surface area contributed by atoms with Crippen LogP contribution in [0.4, 0.5) is 15.8 Å². The highest BCUT2D eigenvalue weighted by molar-refractivity contribution is 5.99. The van der Waals surface area contributed by atoms with Crippen LogP contribution in [0.1, 0.15) is 47.8 Å². The summed E-state index contributed by atoms with van der Waals surface area (Å²) in [6.07, 6.45) is 0.712. The summed E-state index contributed by atoms with van der Waals surface area (Å²) >= 11 is 0. The van der Waals surface area contributed by atoms with Crippen LogP contribution in [-0.2, 0) is 4.79 Å². The molecule has 0 aliphatic carbocycles. The maximum Gasteiger partial charge on any atom is 0.267 e. The topological polar surface area (TPSA) is 86.0 Å². The highest BCUT2D eigenvalue weighted by Gasteiger charge is 2.32. The molecule has 0 saturated heterocycles. The number of carbonyl (C=O) groups is 2. The first-order valence-electron chi connectivity index (χ1n) is 10.1. The molecule has 2 heterocycles. The number of anilines is 2. The van der Waals surface area contributed by atoms with Gasteiger partial charge >= 0.3 is 0 Å². The van der Waals surface area contributed by atoms with Crippen LogP contribution in [0.2, 0.25) is 0 Å². The first-order valence-corrected chi connectivity index (χ1v) is 10.1. The molecule has 1 aliphatic rings. The third-order valence-corrected chi connectivity index (χ3v) is 5.69. The van der Waals surface area contributed by atoms with Crippen LogP contribution in [0.15, 0.2) is 36.4 Å². The number of aromatic amines is 1. The molecule has 3 aromatic rings. The molecule has 0 spiro atoms. The Labute approximate surface area is 174 Å². The van der Waals surface area contributed by atoms with E-state index in [1.165, 1.54) is 13.0 Å². The zero-order valence-electron chi connectivity index (χ0n) is 17.2. The molecule has 4 rings (SSSR count). The van der Waals surface area contributed by atoms with E-state index in [1.54, 1.807) is 18.2 Å². The third-order valence-electron chi connectivity index (χ3n) is 5.69. The second-order valence-corrected chi connectivity index (χ2v) is 7.90. The summed E-state index contributed by atoms with van der Waals surface area (Å²) in [6, 6.07) is 10.6. The van der Waals surface area contributed by atoms with Gasteiger partial charge in [-0.2, -0.15) is 0 Å². The quantitative estimate of drug-likeness (QED) is 0.508. The van der Waals surface area contributed by atoms with E-state index in [9.17, 15) is 14.0 Å². The second kappa shape index (κ2) is 7.82. The van der Waals surface area contributed by atoms with Gasteiger partial charge in [0, 0.05) is 42.0 Å². The molecule has 1 aromatic heterocycles. The van der Waals surface area contributed by atoms with E-state index in [0.717, 1.165) is 22.0 Å². The predicted octanol–water partition coefficient (Wildman–Crippen LogP) is 4.29. The number of nitrogens with one attached hydrogen (secondary N) is 4. The summed E-state index contributed by atoms with van der Waals surface area (Å²) in [7, 11) is 0. The zero-order chi connectivity index (χ0) is 21.4. The van der Waals surface area contributed by atoms with E-state index in [1.807, 2.05) is 26.0 Å². The van der Waals surface area contributed by atoms with Crippen molar-refractivity contribution in [3.63, 3.8) is 0 Å². The number of halogens is 1. The minimum absolute atomic E-state index is 0.104. The third kappa shape index (κ3) is 3.75. The van der Waals surface area contributed by atoms with Crippen LogP contribution < -0.4 is 16.0 Å². The van der Waals surface area contributed by atoms with Gasteiger partial charge in [0.1, 0.15) is 11.5 Å². The molecule has 2 amide bonds. The van der Waals surface area contributed by atoms with Crippen molar-refractivity contribution in [3.05, 3.63) is 59.0 Å². The molecule has 2 atom stereocenters. The number of aromatic nitrogens is 1. The molecule has 2 unspecified atom stereocenters. The van der Waals surface area contributed by atoms with Crippen molar-refractivity contribution in [3.8, 4) is 0 Å². The Kier molecular flexibility index (Phi) is 5.20. The van der Waals surface area contributed by atoms with Crippen LogP contribution in [0.5, 0.6) is 0 Å². The lowest BCUT2D eigenvalue weighted by Gasteiger charge is -2.17. The lowest BCUT2D eigenvalue weighted by molar-refractivity contribution is -0.114. The normalized spacial score (nSPS) is 17.5. The Morgan fingerprint density at radius 2 is 1.97 bits per heavy atom. The number of hydrogen-bond acceptors (Lipinski definition) is 3. The van der Waals surface area contributed by atoms with Crippen molar-refractivity contribution < 1.29 is 14.0 Å². The second-order valence-electron chi connectivity index (χ2n) is 7.90. The first-order chi connectivity index (χ1) is 14.3. The molecule has 2 aromatic carbocycles. The van der Waals surface area contributed by atoms with Crippen LogP contribution in [0.25, 0.3) is 10.9 Å². The first kappa shape index (κ1) is 19.9. The fourth-order valence-corrected chi connectivity index (χ4v) is 4.27. The molecule has 7 heteroatoms. The molecule has 156 valence electrons. The Bertz CT molecular complexity index is 1140. The number of fused-ring (bicyclic) bond motifs is 2. The largest absolute Gasteiger partial charge is 0.379 e. The van der Waals surface area contributed by atoms with E-state index in [4.69, 9.17) is 0 Å². The molecule has 30 heavy (non-hydrogen) atoms. The fraction of sp³-hybridized carbons (Fsp3) is 0.304. The van der Waals surface area contributed by atoms with Crippen molar-refractivity contribution in [1.29, 1.82) is 0 Å². The van der Waals surface area contributed by atoms with Crippen molar-refractivity contribution in [2.24, 2.45) is 0 Å². The summed E-state index contributed by atoms with van der Waals surface area (Å²) in [5.74, 6) is -0.429. The molecular weight excluding hydrogens is 383 g/mol. The molecular formula is C23H25FN4O2. The minimum Gasteiger partial charge on any atom is -0.379 e. The molecule has 0 saturated carbocycles. The monoisotopic (exact) mass is 408 g/mol. The molecule has 4 N–H and O–H groups in total. The zero-order valence-corrected chi connectivity index (χ0v) is 17.2. The summed E-state index contributed by atoms with van der Waals surface area (Å²) in [5, 5.41) is 9.78. The Balaban J connectivity index is 1.42. The van der Waals surface area contributed by atoms with Gasteiger partial charge in [0.05, 0.1) is 5.69 Å². The van der Waals surface area contributed by atoms with Gasteiger partial charge in [-0.05, 0) is 61.7 Å². The Hall–Kier alpha value is -3.35. The number of benzene rings is 2. The van der Waals surface area contributed by atoms with Gasteiger partial charge in [-0.25, -0.2) is 4.39 Å². The van der Waals surface area contributed by atoms with Gasteiger partial charge < -0.3 is 20.9 Å². The standard InChI is InChI=1S/C23H25FN4O2/c1-12-4-6-18(24)22-21(12)17(13(2)26-22)8-9-25-23(30)20-11-15-10-16(27-14(3)29)5-7-19(15)28-20/h4-7,10-11,13,17,26,28H,8-9H2,1-3H3,(H,25,30)(H,27,29). The van der Waals surface area contributed by atoms with Gasteiger partial charge in [0.2, 0.25) is 5.91 Å². The minimum atomic E-state index is -0.231. The summed E-state index contributed by atoms with van der Waals surface area (Å²) in [4.78, 5) is 26.9. The molecule has 1 aliphatic heterocycles. The average Bonchev–Trinajstić information content (AvgIpc) is 3.26. The van der Waals surface area contributed by atoms with Crippen molar-refractivity contribution >= 4 is 34.1 Å². The number of amides is 2. The van der Waals surface area contributed by atoms with Gasteiger partial charge in [0.15, 0.2) is 0 Å². The van der Waals surface area contributed by atoms with E-state index in [2.05, 4.69) is 20.9 Å². The van der Waals surface area contributed by atoms with E-state index in [-0.39, 0.29) is 29.6 Å². The van der Waals surface area contributed by atoms with Crippen molar-refractivity contribution in [2.45, 2.75) is 39.2 Å².